The van der Waals surface area contributed by atoms with Gasteiger partial charge in [0.15, 0.2) is 0 Å². The van der Waals surface area contributed by atoms with E-state index in [9.17, 15) is 0 Å². The minimum Gasteiger partial charge on any atom is -0.380 e. The van der Waals surface area contributed by atoms with Gasteiger partial charge in [-0.2, -0.15) is 0 Å². The number of nitrogens with zero attached hydrogens (tertiary/aromatic N) is 1. The Morgan fingerprint density at radius 2 is 1.51 bits per heavy atom. The summed E-state index contributed by atoms with van der Waals surface area (Å²) in [7, 11) is 0. The summed E-state index contributed by atoms with van der Waals surface area (Å²) in [5, 5.41) is 8.32. The first-order chi connectivity index (χ1) is 23.9. The molecule has 1 aliphatic rings. The Morgan fingerprint density at radius 3 is 2.14 bits per heavy atom. The first kappa shape index (κ1) is 35.8. The fourth-order valence-electron chi connectivity index (χ4n) is 7.41. The Hall–Kier alpha value is -4.50. The van der Waals surface area contributed by atoms with Crippen molar-refractivity contribution in [1.29, 1.82) is 0 Å². The van der Waals surface area contributed by atoms with E-state index in [1.54, 1.807) is 0 Å². The number of benzene rings is 5. The van der Waals surface area contributed by atoms with Crippen LogP contribution in [0.2, 0.25) is 19.0 Å². The first-order valence-corrected chi connectivity index (χ1v) is 18.6. The Bertz CT molecular complexity index is 1880. The van der Waals surface area contributed by atoms with Crippen molar-refractivity contribution >= 4 is 47.1 Å². The zero-order valence-corrected chi connectivity index (χ0v) is 30.3. The Labute approximate surface area is 296 Å². The topological polar surface area (TPSA) is 15.3 Å². The maximum Gasteiger partial charge on any atom is 0.139 e. The summed E-state index contributed by atoms with van der Waals surface area (Å²) in [6.07, 6.45) is 10.7. The lowest BCUT2D eigenvalue weighted by atomic mass is 9.36. The van der Waals surface area contributed by atoms with Gasteiger partial charge >= 0.3 is 0 Å². The van der Waals surface area contributed by atoms with Crippen molar-refractivity contribution in [2.24, 2.45) is 0 Å². The van der Waals surface area contributed by atoms with Crippen LogP contribution in [0.1, 0.15) is 75.1 Å². The molecule has 1 unspecified atom stereocenters. The first-order valence-electron chi connectivity index (χ1n) is 18.6. The maximum absolute atomic E-state index is 4.10. The van der Waals surface area contributed by atoms with Crippen molar-refractivity contribution in [3.05, 3.63) is 148 Å². The molecule has 0 spiro atoms. The molecule has 0 bridgehead atoms. The summed E-state index contributed by atoms with van der Waals surface area (Å²) < 4.78 is 0. The van der Waals surface area contributed by atoms with Crippen LogP contribution in [-0.4, -0.2) is 19.8 Å². The monoisotopic (exact) mass is 646 g/mol. The summed E-state index contributed by atoms with van der Waals surface area (Å²) >= 11 is 0. The van der Waals surface area contributed by atoms with Gasteiger partial charge in [0.1, 0.15) is 6.71 Å². The molecule has 0 aromatic heterocycles. The van der Waals surface area contributed by atoms with Gasteiger partial charge in [0.05, 0.1) is 0 Å². The van der Waals surface area contributed by atoms with Crippen molar-refractivity contribution in [1.82, 2.24) is 0 Å². The molecule has 1 atom stereocenters. The number of nitrogens with one attached hydrogen (secondary N) is 1. The zero-order valence-electron chi connectivity index (χ0n) is 30.3. The molecule has 1 heterocycles. The van der Waals surface area contributed by atoms with Gasteiger partial charge in [0.25, 0.3) is 0 Å². The van der Waals surface area contributed by atoms with E-state index in [4.69, 9.17) is 0 Å². The molecular weight excluding hydrogens is 591 g/mol. The Kier molecular flexibility index (Phi) is 13.0. The van der Waals surface area contributed by atoms with Crippen molar-refractivity contribution in [2.45, 2.75) is 78.4 Å². The summed E-state index contributed by atoms with van der Waals surface area (Å²) in [4.78, 5) is 2.38. The van der Waals surface area contributed by atoms with E-state index in [2.05, 4.69) is 160 Å². The van der Waals surface area contributed by atoms with Crippen molar-refractivity contribution in [3.63, 3.8) is 0 Å². The SMILES string of the molecule is C=Cc1ccc(CNc2ccc(C(c3ccc(N(CC)CC)cc3)=c3ccc(=C)cc3)c3ccccc23)cc1.CCCC1CCCCB1C. The molecule has 5 aromatic rings. The van der Waals surface area contributed by atoms with E-state index in [1.165, 1.54) is 82.4 Å². The zero-order chi connectivity index (χ0) is 34.6. The van der Waals surface area contributed by atoms with E-state index in [0.29, 0.717) is 0 Å². The fraction of sp³-hybridized carbons (Fsp3) is 0.304. The number of fused-ring (bicyclic) bond motifs is 1. The molecule has 1 N–H and O–H groups in total. The van der Waals surface area contributed by atoms with E-state index in [1.807, 2.05) is 6.08 Å². The quantitative estimate of drug-likeness (QED) is 0.144. The third kappa shape index (κ3) is 9.15. The van der Waals surface area contributed by atoms with Gasteiger partial charge in [0, 0.05) is 36.4 Å². The maximum atomic E-state index is 4.10. The predicted molar refractivity (Wildman–Crippen MR) is 220 cm³/mol. The van der Waals surface area contributed by atoms with Crippen LogP contribution in [0.4, 0.5) is 11.4 Å². The van der Waals surface area contributed by atoms with Gasteiger partial charge in [0.2, 0.25) is 0 Å². The molecule has 0 saturated carbocycles. The van der Waals surface area contributed by atoms with Crippen molar-refractivity contribution < 1.29 is 0 Å². The van der Waals surface area contributed by atoms with E-state index in [0.717, 1.165) is 48.6 Å². The average Bonchev–Trinajstić information content (AvgIpc) is 3.14. The molecular formula is C46H55BN2. The largest absolute Gasteiger partial charge is 0.380 e. The lowest BCUT2D eigenvalue weighted by Gasteiger charge is -2.25. The highest BCUT2D eigenvalue weighted by Gasteiger charge is 2.22. The van der Waals surface area contributed by atoms with Crippen molar-refractivity contribution in [3.8, 4) is 0 Å². The van der Waals surface area contributed by atoms with Gasteiger partial charge in [-0.05, 0) is 75.7 Å². The summed E-state index contributed by atoms with van der Waals surface area (Å²) in [6.45, 7) is 20.9. The summed E-state index contributed by atoms with van der Waals surface area (Å²) in [6, 6.07) is 39.2. The average molecular weight is 647 g/mol. The van der Waals surface area contributed by atoms with Gasteiger partial charge in [-0.3, -0.25) is 0 Å². The molecule has 49 heavy (non-hydrogen) atoms. The fourth-order valence-corrected chi connectivity index (χ4v) is 7.41. The van der Waals surface area contributed by atoms with Gasteiger partial charge < -0.3 is 10.2 Å². The molecule has 1 aliphatic heterocycles. The van der Waals surface area contributed by atoms with E-state index < -0.39 is 0 Å². The lowest BCUT2D eigenvalue weighted by Crippen LogP contribution is -2.21. The molecule has 3 heteroatoms. The highest BCUT2D eigenvalue weighted by molar-refractivity contribution is 6.59. The summed E-state index contributed by atoms with van der Waals surface area (Å²) in [5.74, 6) is 1.07. The Balaban J connectivity index is 0.000000402. The molecule has 1 saturated heterocycles. The highest BCUT2D eigenvalue weighted by atomic mass is 15.1. The molecule has 0 amide bonds. The van der Waals surface area contributed by atoms with Crippen LogP contribution < -0.4 is 20.7 Å². The highest BCUT2D eigenvalue weighted by Crippen LogP contribution is 2.34. The van der Waals surface area contributed by atoms with Crippen LogP contribution in [0.25, 0.3) is 29.0 Å². The smallest absolute Gasteiger partial charge is 0.139 e. The van der Waals surface area contributed by atoms with E-state index in [-0.39, 0.29) is 0 Å². The lowest BCUT2D eigenvalue weighted by molar-refractivity contribution is 0.580. The van der Waals surface area contributed by atoms with Crippen LogP contribution in [0, 0.1) is 0 Å². The Morgan fingerprint density at radius 1 is 0.816 bits per heavy atom. The third-order valence-electron chi connectivity index (χ3n) is 10.4. The van der Waals surface area contributed by atoms with Gasteiger partial charge in [-0.15, -0.1) is 0 Å². The van der Waals surface area contributed by atoms with Crippen LogP contribution in [-0.2, 0) is 6.54 Å². The minimum atomic E-state index is 0.759. The number of hydrogen-bond acceptors (Lipinski definition) is 2. The van der Waals surface area contributed by atoms with Crippen LogP contribution in [0.5, 0.6) is 0 Å². The second-order valence-electron chi connectivity index (χ2n) is 13.6. The molecule has 2 nitrogen and oxygen atoms in total. The van der Waals surface area contributed by atoms with Crippen LogP contribution in [0.3, 0.4) is 0 Å². The molecule has 1 fully saturated rings. The molecule has 252 valence electrons. The third-order valence-corrected chi connectivity index (χ3v) is 10.4. The van der Waals surface area contributed by atoms with Gasteiger partial charge in [-0.1, -0.05) is 168 Å². The van der Waals surface area contributed by atoms with Gasteiger partial charge in [-0.25, -0.2) is 0 Å². The second-order valence-corrected chi connectivity index (χ2v) is 13.6. The number of rotatable bonds is 11. The summed E-state index contributed by atoms with van der Waals surface area (Å²) in [5.41, 5.74) is 8.41. The molecule has 0 radical (unpaired) electrons. The predicted octanol–water partition coefficient (Wildman–Crippen LogP) is 11.1. The second kappa shape index (κ2) is 17.8. The molecule has 6 rings (SSSR count). The van der Waals surface area contributed by atoms with Crippen molar-refractivity contribution in [2.75, 3.05) is 23.3 Å². The number of anilines is 2. The molecule has 5 aromatic carbocycles. The minimum absolute atomic E-state index is 0.759. The standard InChI is InChI=1S/C37H36N2.C9H19B/c1-5-28-14-16-29(17-15-28)26-38-36-25-24-35(33-10-8-9-11-34(33)36)37(30-18-12-27(4)13-19-30)31-20-22-32(23-21-31)39(6-2)7-3;1-3-6-9-7-4-5-8-10(9)2/h5,8-25,38H,1,4,6-7,26H2,2-3H3;9H,3-8H2,1-2H3. The van der Waals surface area contributed by atoms with Crippen LogP contribution >= 0.6 is 0 Å². The van der Waals surface area contributed by atoms with Crippen LogP contribution in [0.15, 0.2) is 116 Å². The molecule has 0 aliphatic carbocycles. The number of hydrogen-bond donors (Lipinski definition) is 1. The normalized spacial score (nSPS) is 14.1. The van der Waals surface area contributed by atoms with E-state index >= 15 is 0 Å².